The number of amides is 1. The summed E-state index contributed by atoms with van der Waals surface area (Å²) < 4.78 is 5.64. The highest BCUT2D eigenvalue weighted by Crippen LogP contribution is 2.36. The topological polar surface area (TPSA) is 99.4 Å². The molecule has 7 nitrogen and oxygen atoms in total. The SMILES string of the molecule is CCC(Oc1ccccc1/C=C1\SC(=Nc2ccc(C)cc2O)N(C)C1=O)C(=O)O. The van der Waals surface area contributed by atoms with Crippen LogP contribution in [0.3, 0.4) is 0 Å². The van der Waals surface area contributed by atoms with Gasteiger partial charge in [-0.3, -0.25) is 9.69 Å². The van der Waals surface area contributed by atoms with Crippen LogP contribution in [0.1, 0.15) is 24.5 Å². The van der Waals surface area contributed by atoms with Gasteiger partial charge in [0.15, 0.2) is 11.3 Å². The van der Waals surface area contributed by atoms with E-state index in [9.17, 15) is 19.8 Å². The first kappa shape index (κ1) is 21.4. The zero-order valence-electron chi connectivity index (χ0n) is 16.8. The molecule has 3 rings (SSSR count). The highest BCUT2D eigenvalue weighted by Gasteiger charge is 2.31. The number of aliphatic carboxylic acids is 1. The van der Waals surface area contributed by atoms with E-state index in [2.05, 4.69) is 4.99 Å². The van der Waals surface area contributed by atoms with Crippen LogP contribution < -0.4 is 4.74 Å². The summed E-state index contributed by atoms with van der Waals surface area (Å²) in [5, 5.41) is 19.8. The van der Waals surface area contributed by atoms with Gasteiger partial charge in [0, 0.05) is 12.6 Å². The number of amidine groups is 1. The first-order chi connectivity index (χ1) is 14.3. The number of hydrogen-bond donors (Lipinski definition) is 2. The van der Waals surface area contributed by atoms with Crippen molar-refractivity contribution in [1.29, 1.82) is 0 Å². The molecule has 0 radical (unpaired) electrons. The zero-order chi connectivity index (χ0) is 21.8. The lowest BCUT2D eigenvalue weighted by Gasteiger charge is -2.15. The average molecular weight is 426 g/mol. The number of carboxylic acid groups (broad SMARTS) is 1. The Morgan fingerprint density at radius 2 is 2.03 bits per heavy atom. The maximum atomic E-state index is 12.7. The Morgan fingerprint density at radius 3 is 2.70 bits per heavy atom. The largest absolute Gasteiger partial charge is 0.506 e. The summed E-state index contributed by atoms with van der Waals surface area (Å²) in [4.78, 5) is 30.3. The highest BCUT2D eigenvalue weighted by atomic mass is 32.2. The van der Waals surface area contributed by atoms with Gasteiger partial charge in [-0.15, -0.1) is 0 Å². The van der Waals surface area contributed by atoms with E-state index >= 15 is 0 Å². The molecule has 1 heterocycles. The molecule has 2 aromatic carbocycles. The Hall–Kier alpha value is -3.26. The first-order valence-electron chi connectivity index (χ1n) is 9.34. The molecule has 8 heteroatoms. The van der Waals surface area contributed by atoms with Crippen molar-refractivity contribution in [3.63, 3.8) is 0 Å². The lowest BCUT2D eigenvalue weighted by molar-refractivity contribution is -0.145. The van der Waals surface area contributed by atoms with Crippen LogP contribution in [0, 0.1) is 6.92 Å². The molecule has 0 spiro atoms. The molecule has 30 heavy (non-hydrogen) atoms. The Bertz CT molecular complexity index is 1050. The van der Waals surface area contributed by atoms with Gasteiger partial charge in [-0.1, -0.05) is 31.2 Å². The number of carboxylic acids is 1. The van der Waals surface area contributed by atoms with E-state index in [0.717, 1.165) is 5.56 Å². The Morgan fingerprint density at radius 1 is 1.30 bits per heavy atom. The lowest BCUT2D eigenvalue weighted by Crippen LogP contribution is -2.26. The average Bonchev–Trinajstić information content (AvgIpc) is 2.97. The fourth-order valence-electron chi connectivity index (χ4n) is 2.79. The number of hydrogen-bond acceptors (Lipinski definition) is 6. The van der Waals surface area contributed by atoms with Crippen LogP contribution in [-0.2, 0) is 9.59 Å². The molecule has 1 saturated heterocycles. The number of likely N-dealkylation sites (N-methyl/N-ethyl adjacent to an activating group) is 1. The van der Waals surface area contributed by atoms with Crippen molar-refractivity contribution >= 4 is 40.6 Å². The van der Waals surface area contributed by atoms with Crippen LogP contribution in [0.25, 0.3) is 6.08 Å². The van der Waals surface area contributed by atoms with Crippen LogP contribution in [-0.4, -0.2) is 45.3 Å². The number of phenolic OH excluding ortho intramolecular Hbond substituents is 1. The van der Waals surface area contributed by atoms with Crippen molar-refractivity contribution in [2.45, 2.75) is 26.4 Å². The van der Waals surface area contributed by atoms with Crippen LogP contribution in [0.15, 0.2) is 52.4 Å². The third kappa shape index (κ3) is 4.65. The number of phenols is 1. The fraction of sp³-hybridized carbons (Fsp3) is 0.227. The molecule has 1 unspecified atom stereocenters. The number of benzene rings is 2. The molecule has 156 valence electrons. The monoisotopic (exact) mass is 426 g/mol. The number of nitrogens with zero attached hydrogens (tertiary/aromatic N) is 2. The molecule has 0 aliphatic carbocycles. The maximum absolute atomic E-state index is 12.7. The quantitative estimate of drug-likeness (QED) is 0.673. The third-order valence-electron chi connectivity index (χ3n) is 4.47. The number of para-hydroxylation sites is 1. The van der Waals surface area contributed by atoms with Crippen LogP contribution in [0.5, 0.6) is 11.5 Å². The van der Waals surface area contributed by atoms with E-state index < -0.39 is 12.1 Å². The number of rotatable bonds is 6. The molecular weight excluding hydrogens is 404 g/mol. The number of aromatic hydroxyl groups is 1. The zero-order valence-corrected chi connectivity index (χ0v) is 17.6. The van der Waals surface area contributed by atoms with E-state index in [0.29, 0.717) is 33.5 Å². The summed E-state index contributed by atoms with van der Waals surface area (Å²) >= 11 is 1.17. The van der Waals surface area contributed by atoms with E-state index in [1.807, 2.05) is 13.0 Å². The van der Waals surface area contributed by atoms with Crippen molar-refractivity contribution in [3.05, 3.63) is 58.5 Å². The fourth-order valence-corrected chi connectivity index (χ4v) is 3.76. The number of thioether (sulfide) groups is 1. The minimum absolute atomic E-state index is 0.0411. The van der Waals surface area contributed by atoms with Gasteiger partial charge in [0.2, 0.25) is 0 Å². The van der Waals surface area contributed by atoms with Gasteiger partial charge in [-0.25, -0.2) is 9.79 Å². The predicted octanol–water partition coefficient (Wildman–Crippen LogP) is 4.18. The van der Waals surface area contributed by atoms with Crippen molar-refractivity contribution in [2.24, 2.45) is 4.99 Å². The van der Waals surface area contributed by atoms with Crippen LogP contribution in [0.2, 0.25) is 0 Å². The molecule has 0 bridgehead atoms. The molecule has 1 atom stereocenters. The normalized spacial score (nSPS) is 17.6. The molecule has 2 aromatic rings. The Kier molecular flexibility index (Phi) is 6.47. The summed E-state index contributed by atoms with van der Waals surface area (Å²) in [5.41, 5.74) is 1.88. The van der Waals surface area contributed by atoms with Crippen LogP contribution in [0.4, 0.5) is 5.69 Å². The summed E-state index contributed by atoms with van der Waals surface area (Å²) in [5.74, 6) is -0.861. The van der Waals surface area contributed by atoms with E-state index in [-0.39, 0.29) is 11.7 Å². The number of aryl methyl sites for hydroxylation is 1. The minimum atomic E-state index is -1.04. The molecular formula is C22H22N2O5S. The van der Waals surface area contributed by atoms with E-state index in [4.69, 9.17) is 4.74 Å². The van der Waals surface area contributed by atoms with Crippen LogP contribution >= 0.6 is 11.8 Å². The second kappa shape index (κ2) is 9.04. The number of aliphatic imine (C=N–C) groups is 1. The number of ether oxygens (including phenoxy) is 1. The van der Waals surface area contributed by atoms with Gasteiger partial charge in [-0.2, -0.15) is 0 Å². The van der Waals surface area contributed by atoms with Crippen molar-refractivity contribution < 1.29 is 24.5 Å². The number of carbonyl (C=O) groups excluding carboxylic acids is 1. The van der Waals surface area contributed by atoms with Gasteiger partial charge >= 0.3 is 5.97 Å². The van der Waals surface area contributed by atoms with Crippen molar-refractivity contribution in [2.75, 3.05) is 7.05 Å². The summed E-state index contributed by atoms with van der Waals surface area (Å²) in [6.45, 7) is 3.60. The highest BCUT2D eigenvalue weighted by molar-refractivity contribution is 8.18. The van der Waals surface area contributed by atoms with Gasteiger partial charge in [0.25, 0.3) is 5.91 Å². The standard InChI is InChI=1S/C22H22N2O5S/c1-4-17(21(27)28)29-18-8-6-5-7-14(18)12-19-20(26)24(3)22(30-19)23-15-10-9-13(2)11-16(15)25/h5-12,17,25H,4H2,1-3H3,(H,27,28)/b19-12-,23-22?. The molecule has 1 amide bonds. The molecule has 1 fully saturated rings. The number of carbonyl (C=O) groups is 2. The van der Waals surface area contributed by atoms with E-state index in [1.54, 1.807) is 56.4 Å². The molecule has 1 aliphatic heterocycles. The van der Waals surface area contributed by atoms with Gasteiger partial charge in [-0.05, 0) is 54.9 Å². The summed E-state index contributed by atoms with van der Waals surface area (Å²) in [6.07, 6.45) is 0.999. The predicted molar refractivity (Wildman–Crippen MR) is 117 cm³/mol. The molecule has 0 saturated carbocycles. The third-order valence-corrected chi connectivity index (χ3v) is 5.53. The van der Waals surface area contributed by atoms with E-state index in [1.165, 1.54) is 16.7 Å². The second-order valence-corrected chi connectivity index (χ2v) is 7.76. The first-order valence-corrected chi connectivity index (χ1v) is 10.2. The maximum Gasteiger partial charge on any atom is 0.344 e. The molecule has 2 N–H and O–H groups in total. The van der Waals surface area contributed by atoms with Gasteiger partial charge in [0.1, 0.15) is 17.2 Å². The lowest BCUT2D eigenvalue weighted by atomic mass is 10.1. The Balaban J connectivity index is 1.91. The molecule has 1 aliphatic rings. The second-order valence-electron chi connectivity index (χ2n) is 6.75. The summed E-state index contributed by atoms with van der Waals surface area (Å²) in [6, 6.07) is 12.1. The van der Waals surface area contributed by atoms with Gasteiger partial charge < -0.3 is 14.9 Å². The Labute approximate surface area is 178 Å². The minimum Gasteiger partial charge on any atom is -0.506 e. The van der Waals surface area contributed by atoms with Crippen molar-refractivity contribution in [3.8, 4) is 11.5 Å². The summed E-state index contributed by atoms with van der Waals surface area (Å²) in [7, 11) is 1.61. The smallest absolute Gasteiger partial charge is 0.344 e. The van der Waals surface area contributed by atoms with Crippen molar-refractivity contribution in [1.82, 2.24) is 4.90 Å². The molecule has 0 aromatic heterocycles. The van der Waals surface area contributed by atoms with Gasteiger partial charge in [0.05, 0.1) is 4.91 Å².